The number of halogens is 1. The molecule has 2 heterocycles. The van der Waals surface area contributed by atoms with Crippen LogP contribution in [-0.4, -0.2) is 53.3 Å². The Bertz CT molecular complexity index is 1310. The Morgan fingerprint density at radius 1 is 1.31 bits per heavy atom. The van der Waals surface area contributed by atoms with E-state index in [0.717, 1.165) is 16.7 Å². The smallest absolute Gasteiger partial charge is 0.373 e. The van der Waals surface area contributed by atoms with Crippen LogP contribution < -0.4 is 0 Å². The molecule has 0 aliphatic carbocycles. The van der Waals surface area contributed by atoms with E-state index < -0.39 is 35.2 Å². The summed E-state index contributed by atoms with van der Waals surface area (Å²) in [6, 6.07) is 8.33. The van der Waals surface area contributed by atoms with Crippen molar-refractivity contribution in [3.8, 4) is 0 Å². The molecule has 39 heavy (non-hydrogen) atoms. The summed E-state index contributed by atoms with van der Waals surface area (Å²) in [5.74, 6) is -3.63. The Morgan fingerprint density at radius 2 is 2.05 bits per heavy atom. The van der Waals surface area contributed by atoms with Crippen LogP contribution in [0.2, 0.25) is 0 Å². The number of esters is 1. The van der Waals surface area contributed by atoms with Crippen molar-refractivity contribution in [1.29, 1.82) is 0 Å². The fraction of sp³-hybridized carbons (Fsp3) is 0.241. The maximum absolute atomic E-state index is 13.8. The van der Waals surface area contributed by atoms with Crippen molar-refractivity contribution in [2.45, 2.75) is 32.9 Å². The lowest BCUT2D eigenvalue weighted by Gasteiger charge is -2.29. The Labute approximate surface area is 225 Å². The van der Waals surface area contributed by atoms with E-state index >= 15 is 0 Å². The van der Waals surface area contributed by atoms with Gasteiger partial charge >= 0.3 is 11.9 Å². The van der Waals surface area contributed by atoms with Crippen molar-refractivity contribution in [3.63, 3.8) is 0 Å². The Kier molecular flexibility index (Phi) is 10.1. The van der Waals surface area contributed by atoms with Crippen molar-refractivity contribution >= 4 is 24.1 Å². The number of hydrogen-bond donors (Lipinski definition) is 1. The molecule has 1 amide bonds. The number of carboxylic acid groups (broad SMARTS) is 1. The fourth-order valence-electron chi connectivity index (χ4n) is 3.77. The van der Waals surface area contributed by atoms with Gasteiger partial charge in [0.1, 0.15) is 24.2 Å². The van der Waals surface area contributed by atoms with E-state index in [4.69, 9.17) is 14.2 Å². The van der Waals surface area contributed by atoms with E-state index in [1.165, 1.54) is 24.4 Å². The molecule has 1 atom stereocenters. The first-order valence-electron chi connectivity index (χ1n) is 12.1. The fourth-order valence-corrected chi connectivity index (χ4v) is 3.77. The molecule has 9 nitrogen and oxygen atoms in total. The number of hydrogen-bond acceptors (Lipinski definition) is 7. The van der Waals surface area contributed by atoms with Gasteiger partial charge in [0.05, 0.1) is 25.7 Å². The van der Waals surface area contributed by atoms with Gasteiger partial charge in [0.15, 0.2) is 5.57 Å². The molecule has 3 rings (SSSR count). The van der Waals surface area contributed by atoms with Crippen molar-refractivity contribution in [2.75, 3.05) is 13.2 Å². The van der Waals surface area contributed by atoms with E-state index in [1.54, 1.807) is 13.8 Å². The number of aliphatic imine (C=N–C) groups is 1. The number of allylic oxidation sites excluding steroid dienone is 5. The van der Waals surface area contributed by atoms with E-state index in [-0.39, 0.29) is 37.7 Å². The number of fused-ring (bicyclic) bond motifs is 2. The van der Waals surface area contributed by atoms with Gasteiger partial charge in [-0.25, -0.2) is 14.0 Å². The lowest BCUT2D eigenvalue weighted by molar-refractivity contribution is -0.142. The van der Waals surface area contributed by atoms with Crippen LogP contribution in [0.1, 0.15) is 25.8 Å². The number of carbonyl (C=O) groups excluding carboxylic acids is 2. The van der Waals surface area contributed by atoms with Crippen molar-refractivity contribution in [3.05, 3.63) is 107 Å². The van der Waals surface area contributed by atoms with E-state index in [9.17, 15) is 23.9 Å². The molecule has 2 aliphatic rings. The lowest BCUT2D eigenvalue weighted by atomic mass is 10.0. The number of nitrogens with zero attached hydrogens (tertiary/aromatic N) is 2. The average molecular weight is 537 g/mol. The van der Waals surface area contributed by atoms with Crippen LogP contribution in [-0.2, 0) is 35.2 Å². The van der Waals surface area contributed by atoms with Crippen LogP contribution in [0.3, 0.4) is 0 Å². The van der Waals surface area contributed by atoms with Crippen LogP contribution in [0.25, 0.3) is 0 Å². The number of rotatable bonds is 10. The largest absolute Gasteiger partial charge is 0.490 e. The number of amides is 1. The van der Waals surface area contributed by atoms with Gasteiger partial charge in [-0.2, -0.15) is 0 Å². The summed E-state index contributed by atoms with van der Waals surface area (Å²) in [6.07, 6.45) is 7.17. The third-order valence-electron chi connectivity index (χ3n) is 5.70. The number of ether oxygens (including phenoxy) is 3. The van der Waals surface area contributed by atoms with Crippen LogP contribution in [0.15, 0.2) is 107 Å². The van der Waals surface area contributed by atoms with Gasteiger partial charge in [-0.1, -0.05) is 49.1 Å². The molecular formula is C29H29FN2O7. The molecule has 0 fully saturated rings. The lowest BCUT2D eigenvalue weighted by Crippen LogP contribution is -2.38. The molecular weight excluding hydrogens is 507 g/mol. The zero-order chi connectivity index (χ0) is 28.4. The summed E-state index contributed by atoms with van der Waals surface area (Å²) in [5.41, 5.74) is 1.39. The SMILES string of the molecule is C=C/C(=C\C=C\F)C/C1=C2/CN(C=C(C(=O)O)O2)C(=O)/C(C(=O)OCC)=C(/OCc2ccccc2)C(C)N=C1. The summed E-state index contributed by atoms with van der Waals surface area (Å²) >= 11 is 0. The highest BCUT2D eigenvalue weighted by Gasteiger charge is 2.36. The normalized spacial score (nSPS) is 21.8. The second-order valence-electron chi connectivity index (χ2n) is 8.41. The first-order chi connectivity index (χ1) is 18.8. The van der Waals surface area contributed by atoms with Crippen LogP contribution in [0.4, 0.5) is 4.39 Å². The predicted molar refractivity (Wildman–Crippen MR) is 142 cm³/mol. The van der Waals surface area contributed by atoms with Gasteiger partial charge in [0.2, 0.25) is 5.76 Å². The highest BCUT2D eigenvalue weighted by Crippen LogP contribution is 2.28. The minimum Gasteiger partial charge on any atom is -0.490 e. The van der Waals surface area contributed by atoms with Gasteiger partial charge in [-0.05, 0) is 31.1 Å². The standard InChI is InChI=1S/C29H29FN2O7/c1-4-20(12-9-13-30)14-22-15-31-19(3)26(38-18-21-10-7-6-8-11-21)25(29(36)37-5-2)27(33)32-16-23(22)39-24(17-32)28(34)35/h4,6-13,15,17,19H,1,5,14,16,18H2,2-3H3,(H,34,35)/b13-9+,20-12+,23-22+,26-25-,31-15?. The maximum atomic E-state index is 13.8. The van der Waals surface area contributed by atoms with Gasteiger partial charge in [0, 0.05) is 18.2 Å². The molecule has 0 saturated carbocycles. The zero-order valence-corrected chi connectivity index (χ0v) is 21.6. The molecule has 1 aromatic rings. The third kappa shape index (κ3) is 7.41. The molecule has 0 spiro atoms. The van der Waals surface area contributed by atoms with Crippen molar-refractivity contribution in [2.24, 2.45) is 4.99 Å². The number of aliphatic carboxylic acids is 1. The maximum Gasteiger partial charge on any atom is 0.373 e. The highest BCUT2D eigenvalue weighted by molar-refractivity contribution is 6.17. The second-order valence-corrected chi connectivity index (χ2v) is 8.41. The number of carboxylic acids is 1. The molecule has 0 aromatic heterocycles. The van der Waals surface area contributed by atoms with Gasteiger partial charge in [0.25, 0.3) is 5.91 Å². The molecule has 2 bridgehead atoms. The van der Waals surface area contributed by atoms with Crippen LogP contribution >= 0.6 is 0 Å². The molecule has 204 valence electrons. The monoisotopic (exact) mass is 536 g/mol. The molecule has 10 heteroatoms. The summed E-state index contributed by atoms with van der Waals surface area (Å²) in [4.78, 5) is 44.3. The summed E-state index contributed by atoms with van der Waals surface area (Å²) in [5, 5.41) is 9.67. The van der Waals surface area contributed by atoms with Crippen molar-refractivity contribution in [1.82, 2.24) is 4.90 Å². The Morgan fingerprint density at radius 3 is 2.69 bits per heavy atom. The molecule has 0 saturated heterocycles. The van der Waals surface area contributed by atoms with E-state index in [1.807, 2.05) is 30.3 Å². The van der Waals surface area contributed by atoms with Crippen LogP contribution in [0.5, 0.6) is 0 Å². The van der Waals surface area contributed by atoms with E-state index in [0.29, 0.717) is 17.5 Å². The molecule has 1 aromatic carbocycles. The predicted octanol–water partition coefficient (Wildman–Crippen LogP) is 4.52. The van der Waals surface area contributed by atoms with Gasteiger partial charge < -0.3 is 24.2 Å². The van der Waals surface area contributed by atoms with Gasteiger partial charge in [-0.3, -0.25) is 9.79 Å². The van der Waals surface area contributed by atoms with Gasteiger partial charge in [-0.15, -0.1) is 0 Å². The summed E-state index contributed by atoms with van der Waals surface area (Å²) < 4.78 is 29.4. The number of benzene rings is 1. The Balaban J connectivity index is 2.19. The summed E-state index contributed by atoms with van der Waals surface area (Å²) in [6.45, 7) is 6.81. The second kappa shape index (κ2) is 13.7. The first kappa shape index (κ1) is 28.8. The molecule has 2 aliphatic heterocycles. The highest BCUT2D eigenvalue weighted by atomic mass is 19.1. The summed E-state index contributed by atoms with van der Waals surface area (Å²) in [7, 11) is 0. The molecule has 1 unspecified atom stereocenters. The average Bonchev–Trinajstić information content (AvgIpc) is 2.94. The molecule has 1 N–H and O–H groups in total. The minimum absolute atomic E-state index is 0.00214. The van der Waals surface area contributed by atoms with E-state index in [2.05, 4.69) is 11.6 Å². The first-order valence-corrected chi connectivity index (χ1v) is 12.1. The quantitative estimate of drug-likeness (QED) is 0.266. The third-order valence-corrected chi connectivity index (χ3v) is 5.70. The van der Waals surface area contributed by atoms with Crippen molar-refractivity contribution < 1.29 is 38.1 Å². The van der Waals surface area contributed by atoms with Crippen LogP contribution in [0, 0.1) is 0 Å². The molecule has 0 radical (unpaired) electrons. The minimum atomic E-state index is -1.42. The Hall–Kier alpha value is -4.73. The zero-order valence-electron chi connectivity index (χ0n) is 21.6. The number of carbonyl (C=O) groups is 3. The topological polar surface area (TPSA) is 115 Å².